The van der Waals surface area contributed by atoms with Crippen LogP contribution in [0.2, 0.25) is 0 Å². The third-order valence-corrected chi connectivity index (χ3v) is 7.01. The van der Waals surface area contributed by atoms with E-state index in [1.807, 2.05) is 31.2 Å². The van der Waals surface area contributed by atoms with E-state index in [0.717, 1.165) is 25.8 Å². The van der Waals surface area contributed by atoms with Gasteiger partial charge in [-0.15, -0.1) is 0 Å². The van der Waals surface area contributed by atoms with Crippen LogP contribution >= 0.6 is 0 Å². The van der Waals surface area contributed by atoms with Gasteiger partial charge in [-0.05, 0) is 31.0 Å². The average Bonchev–Trinajstić information content (AvgIpc) is 2.77. The number of para-hydroxylation sites is 1. The van der Waals surface area contributed by atoms with E-state index < -0.39 is 34.5 Å². The summed E-state index contributed by atoms with van der Waals surface area (Å²) in [6, 6.07) is 12.0. The zero-order valence-electron chi connectivity index (χ0n) is 19.6. The van der Waals surface area contributed by atoms with Crippen LogP contribution in [0.15, 0.2) is 48.5 Å². The van der Waals surface area contributed by atoms with Gasteiger partial charge in [-0.3, -0.25) is 9.59 Å². The van der Waals surface area contributed by atoms with Gasteiger partial charge in [0.15, 0.2) is 0 Å². The van der Waals surface area contributed by atoms with Crippen LogP contribution in [0.4, 0.5) is 10.1 Å². The van der Waals surface area contributed by atoms with E-state index in [1.54, 1.807) is 6.92 Å². The van der Waals surface area contributed by atoms with Crippen LogP contribution in [0.1, 0.15) is 24.5 Å². The van der Waals surface area contributed by atoms with Gasteiger partial charge in [-0.25, -0.2) is 8.70 Å². The van der Waals surface area contributed by atoms with Gasteiger partial charge in [-0.1, -0.05) is 48.9 Å². The molecule has 0 radical (unpaired) electrons. The molecule has 0 aromatic heterocycles. The second-order valence-corrected chi connectivity index (χ2v) is 9.86. The standard InChI is InChI=1S/C23H31FN4O4S/c1-6-20(23(30)25-3)27(15-18-11-9-10-17(2)14-18)22(29)16-28(33(31,32)26(4)5)21-13-8-7-12-19(21)24/h7-14,20H,6,15-16H2,1-5H3,(H,25,30)/t20-/m0/s1. The number of amides is 2. The molecule has 0 saturated carbocycles. The second-order valence-electron chi connectivity index (χ2n) is 7.80. The fraction of sp³-hybridized carbons (Fsp3) is 0.391. The van der Waals surface area contributed by atoms with Gasteiger partial charge in [0.2, 0.25) is 11.8 Å². The number of aryl methyl sites for hydroxylation is 1. The smallest absolute Gasteiger partial charge is 0.304 e. The van der Waals surface area contributed by atoms with Crippen molar-refractivity contribution in [1.82, 2.24) is 14.5 Å². The molecule has 0 unspecified atom stereocenters. The van der Waals surface area contributed by atoms with Gasteiger partial charge in [-0.2, -0.15) is 12.7 Å². The number of benzene rings is 2. The SMILES string of the molecule is CC[C@@H](C(=O)NC)N(Cc1cccc(C)c1)C(=O)CN(c1ccccc1F)S(=O)(=O)N(C)C. The zero-order chi connectivity index (χ0) is 24.8. The molecule has 180 valence electrons. The van der Waals surface area contributed by atoms with Gasteiger partial charge in [0.05, 0.1) is 5.69 Å². The molecule has 1 atom stereocenters. The Bertz CT molecular complexity index is 1090. The van der Waals surface area contributed by atoms with Crippen molar-refractivity contribution in [2.75, 3.05) is 32.0 Å². The van der Waals surface area contributed by atoms with E-state index in [4.69, 9.17) is 0 Å². The number of halogens is 1. The van der Waals surface area contributed by atoms with Crippen LogP contribution in [-0.4, -0.2) is 63.2 Å². The van der Waals surface area contributed by atoms with Gasteiger partial charge >= 0.3 is 10.2 Å². The molecule has 0 aliphatic carbocycles. The van der Waals surface area contributed by atoms with Gasteiger partial charge < -0.3 is 10.2 Å². The number of nitrogens with one attached hydrogen (secondary N) is 1. The number of hydrogen-bond acceptors (Lipinski definition) is 4. The molecule has 10 heteroatoms. The van der Waals surface area contributed by atoms with E-state index in [1.165, 1.54) is 44.2 Å². The first-order valence-corrected chi connectivity index (χ1v) is 11.9. The van der Waals surface area contributed by atoms with Crippen molar-refractivity contribution < 1.29 is 22.4 Å². The molecule has 8 nitrogen and oxygen atoms in total. The molecule has 1 N–H and O–H groups in total. The highest BCUT2D eigenvalue weighted by molar-refractivity contribution is 7.90. The lowest BCUT2D eigenvalue weighted by Gasteiger charge is -2.33. The summed E-state index contributed by atoms with van der Waals surface area (Å²) in [6.07, 6.45) is 0.317. The second kappa shape index (κ2) is 11.2. The lowest BCUT2D eigenvalue weighted by Crippen LogP contribution is -2.53. The molecule has 2 aromatic rings. The number of carbonyl (C=O) groups is 2. The number of rotatable bonds is 10. The topological polar surface area (TPSA) is 90.0 Å². The summed E-state index contributed by atoms with van der Waals surface area (Å²) in [5, 5.41) is 2.56. The summed E-state index contributed by atoms with van der Waals surface area (Å²) in [5.41, 5.74) is 1.53. The number of likely N-dealkylation sites (N-methyl/N-ethyl adjacent to an activating group) is 1. The maximum atomic E-state index is 14.6. The van der Waals surface area contributed by atoms with Crippen LogP contribution < -0.4 is 9.62 Å². The minimum Gasteiger partial charge on any atom is -0.357 e. The molecule has 0 aliphatic heterocycles. The lowest BCUT2D eigenvalue weighted by molar-refractivity contribution is -0.140. The quantitative estimate of drug-likeness (QED) is 0.568. The Kier molecular flexibility index (Phi) is 8.95. The Hall–Kier alpha value is -2.98. The van der Waals surface area contributed by atoms with Gasteiger partial charge in [0.25, 0.3) is 0 Å². The van der Waals surface area contributed by atoms with Crippen molar-refractivity contribution in [3.05, 3.63) is 65.5 Å². The normalized spacial score (nSPS) is 12.3. The molecular formula is C23H31FN4O4S. The fourth-order valence-electron chi connectivity index (χ4n) is 3.45. The van der Waals surface area contributed by atoms with Gasteiger partial charge in [0, 0.05) is 27.7 Å². The largest absolute Gasteiger partial charge is 0.357 e. The zero-order valence-corrected chi connectivity index (χ0v) is 20.4. The number of hydrogen-bond donors (Lipinski definition) is 1. The Balaban J connectivity index is 2.51. The molecule has 0 aliphatic rings. The maximum absolute atomic E-state index is 14.6. The minimum atomic E-state index is -4.20. The van der Waals surface area contributed by atoms with Crippen LogP contribution in [-0.2, 0) is 26.3 Å². The Morgan fingerprint density at radius 3 is 2.30 bits per heavy atom. The van der Waals surface area contributed by atoms with Crippen molar-refractivity contribution in [3.8, 4) is 0 Å². The van der Waals surface area contributed by atoms with Crippen LogP contribution in [0.25, 0.3) is 0 Å². The van der Waals surface area contributed by atoms with Crippen LogP contribution in [0, 0.1) is 12.7 Å². The van der Waals surface area contributed by atoms with Gasteiger partial charge in [0.1, 0.15) is 18.4 Å². The molecule has 0 saturated heterocycles. The Morgan fingerprint density at radius 2 is 1.76 bits per heavy atom. The first kappa shape index (κ1) is 26.3. The van der Waals surface area contributed by atoms with E-state index in [9.17, 15) is 22.4 Å². The van der Waals surface area contributed by atoms with Crippen LogP contribution in [0.5, 0.6) is 0 Å². The third-order valence-electron chi connectivity index (χ3n) is 5.21. The molecule has 2 rings (SSSR count). The monoisotopic (exact) mass is 478 g/mol. The molecule has 0 heterocycles. The van der Waals surface area contributed by atoms with E-state index in [2.05, 4.69) is 5.32 Å². The highest BCUT2D eigenvalue weighted by atomic mass is 32.2. The predicted octanol–water partition coefficient (Wildman–Crippen LogP) is 2.30. The lowest BCUT2D eigenvalue weighted by atomic mass is 10.1. The highest BCUT2D eigenvalue weighted by Gasteiger charge is 2.34. The Morgan fingerprint density at radius 1 is 1.09 bits per heavy atom. The fourth-order valence-corrected chi connectivity index (χ4v) is 4.51. The highest BCUT2D eigenvalue weighted by Crippen LogP contribution is 2.24. The van der Waals surface area contributed by atoms with E-state index in [-0.39, 0.29) is 18.1 Å². The van der Waals surface area contributed by atoms with E-state index >= 15 is 0 Å². The molecule has 0 fully saturated rings. The summed E-state index contributed by atoms with van der Waals surface area (Å²) >= 11 is 0. The number of carbonyl (C=O) groups excluding carboxylic acids is 2. The minimum absolute atomic E-state index is 0.0968. The molecule has 2 amide bonds. The molecule has 33 heavy (non-hydrogen) atoms. The van der Waals surface area contributed by atoms with Crippen molar-refractivity contribution >= 4 is 27.7 Å². The number of anilines is 1. The Labute approximate surface area is 195 Å². The van der Waals surface area contributed by atoms with Crippen molar-refractivity contribution in [2.45, 2.75) is 32.9 Å². The van der Waals surface area contributed by atoms with Crippen molar-refractivity contribution in [3.63, 3.8) is 0 Å². The maximum Gasteiger partial charge on any atom is 0.304 e. The first-order chi connectivity index (χ1) is 15.5. The summed E-state index contributed by atoms with van der Waals surface area (Å²) < 4.78 is 42.2. The average molecular weight is 479 g/mol. The molecule has 0 spiro atoms. The molecule has 2 aromatic carbocycles. The van der Waals surface area contributed by atoms with Crippen molar-refractivity contribution in [2.24, 2.45) is 0 Å². The molecule has 0 bridgehead atoms. The number of nitrogens with zero attached hydrogens (tertiary/aromatic N) is 3. The van der Waals surface area contributed by atoms with Crippen molar-refractivity contribution in [1.29, 1.82) is 0 Å². The summed E-state index contributed by atoms with van der Waals surface area (Å²) in [6.45, 7) is 3.11. The molecular weight excluding hydrogens is 447 g/mol. The predicted molar refractivity (Wildman–Crippen MR) is 126 cm³/mol. The van der Waals surface area contributed by atoms with E-state index in [0.29, 0.717) is 6.42 Å². The van der Waals surface area contributed by atoms with Crippen LogP contribution in [0.3, 0.4) is 0 Å². The third kappa shape index (κ3) is 6.29. The summed E-state index contributed by atoms with van der Waals surface area (Å²) in [7, 11) is -0.121. The first-order valence-electron chi connectivity index (χ1n) is 10.5. The summed E-state index contributed by atoms with van der Waals surface area (Å²) in [5.74, 6) is -1.77. The summed E-state index contributed by atoms with van der Waals surface area (Å²) in [4.78, 5) is 27.4.